The van der Waals surface area contributed by atoms with Crippen molar-refractivity contribution in [3.63, 3.8) is 0 Å². The van der Waals surface area contributed by atoms with Crippen LogP contribution in [-0.2, 0) is 12.8 Å². The number of hydrogen-bond donors (Lipinski definition) is 1. The molecule has 0 radical (unpaired) electrons. The topological polar surface area (TPSA) is 93.2 Å². The number of alkyl halides is 3. The highest BCUT2D eigenvalue weighted by Gasteiger charge is 2.34. The summed E-state index contributed by atoms with van der Waals surface area (Å²) in [5, 5.41) is 12.2. The van der Waals surface area contributed by atoms with Crippen molar-refractivity contribution in [3.8, 4) is 28.9 Å². The van der Waals surface area contributed by atoms with Crippen LogP contribution < -0.4 is 14.8 Å². The van der Waals surface area contributed by atoms with Crippen LogP contribution in [0.1, 0.15) is 16.8 Å². The van der Waals surface area contributed by atoms with Gasteiger partial charge in [0.05, 0.1) is 30.8 Å². The maximum atomic E-state index is 13.9. The Morgan fingerprint density at radius 3 is 2.49 bits per heavy atom. The molecule has 1 N–H and O–H groups in total. The molecule has 2 aromatic carbocycles. The van der Waals surface area contributed by atoms with Crippen LogP contribution >= 0.6 is 0 Å². The molecule has 178 valence electrons. The van der Waals surface area contributed by atoms with E-state index in [1.165, 1.54) is 18.5 Å². The normalized spacial score (nSPS) is 11.1. The summed E-state index contributed by atoms with van der Waals surface area (Å²) in [6.07, 6.45) is -2.20. The van der Waals surface area contributed by atoms with E-state index < -0.39 is 17.6 Å². The van der Waals surface area contributed by atoms with Gasteiger partial charge >= 0.3 is 6.18 Å². The predicted octanol–water partition coefficient (Wildman–Crippen LogP) is 6.10. The Balaban J connectivity index is 1.49. The van der Waals surface area contributed by atoms with Crippen LogP contribution in [0.4, 0.5) is 29.3 Å². The predicted molar refractivity (Wildman–Crippen MR) is 116 cm³/mol. The van der Waals surface area contributed by atoms with Gasteiger partial charge in [0, 0.05) is 11.6 Å². The third-order valence-corrected chi connectivity index (χ3v) is 4.83. The molecule has 4 rings (SSSR count). The molecule has 0 saturated heterocycles. The molecular formula is C24H16F4N4O3. The van der Waals surface area contributed by atoms with Gasteiger partial charge in [-0.15, -0.1) is 0 Å². The fourth-order valence-corrected chi connectivity index (χ4v) is 3.08. The van der Waals surface area contributed by atoms with Crippen molar-refractivity contribution >= 4 is 11.7 Å². The molecule has 7 nitrogen and oxygen atoms in total. The van der Waals surface area contributed by atoms with Crippen molar-refractivity contribution in [2.24, 2.45) is 0 Å². The van der Waals surface area contributed by atoms with Gasteiger partial charge in [-0.3, -0.25) is 0 Å². The Kier molecular flexibility index (Phi) is 6.55. The number of aromatic nitrogens is 2. The lowest BCUT2D eigenvalue weighted by molar-refractivity contribution is -0.139. The van der Waals surface area contributed by atoms with Gasteiger partial charge in [-0.2, -0.15) is 18.4 Å². The van der Waals surface area contributed by atoms with Gasteiger partial charge in [0.15, 0.2) is 17.2 Å². The Labute approximate surface area is 196 Å². The van der Waals surface area contributed by atoms with Crippen LogP contribution in [0, 0.1) is 17.1 Å². The monoisotopic (exact) mass is 484 g/mol. The number of oxazole rings is 1. The van der Waals surface area contributed by atoms with Crippen molar-refractivity contribution in [1.29, 1.82) is 5.26 Å². The van der Waals surface area contributed by atoms with E-state index in [9.17, 15) is 22.8 Å². The van der Waals surface area contributed by atoms with Crippen LogP contribution in [0.15, 0.2) is 65.3 Å². The summed E-state index contributed by atoms with van der Waals surface area (Å²) in [7, 11) is 1.56. The van der Waals surface area contributed by atoms with Crippen LogP contribution in [-0.4, -0.2) is 17.1 Å². The average molecular weight is 484 g/mol. The largest absolute Gasteiger partial charge is 0.497 e. The van der Waals surface area contributed by atoms with Crippen LogP contribution in [0.3, 0.4) is 0 Å². The van der Waals surface area contributed by atoms with E-state index in [0.717, 1.165) is 17.7 Å². The van der Waals surface area contributed by atoms with Gasteiger partial charge < -0.3 is 19.2 Å². The highest BCUT2D eigenvalue weighted by atomic mass is 19.4. The molecule has 0 bridgehead atoms. The molecule has 0 unspecified atom stereocenters. The zero-order chi connectivity index (χ0) is 25.0. The molecule has 2 aromatic heterocycles. The summed E-state index contributed by atoms with van der Waals surface area (Å²) in [4.78, 5) is 8.05. The van der Waals surface area contributed by atoms with Crippen molar-refractivity contribution in [2.75, 3.05) is 12.4 Å². The van der Waals surface area contributed by atoms with E-state index in [1.807, 2.05) is 18.2 Å². The smallest absolute Gasteiger partial charge is 0.419 e. The van der Waals surface area contributed by atoms with Crippen LogP contribution in [0.25, 0.3) is 11.3 Å². The molecule has 11 heteroatoms. The zero-order valence-electron chi connectivity index (χ0n) is 18.1. The number of halogens is 4. The van der Waals surface area contributed by atoms with E-state index in [2.05, 4.69) is 15.3 Å². The SMILES string of the molecule is COc1ccc(COc2cc(Nc3ncc(-c4ccc(C(F)(F)F)c(F)c4)o3)cnc2C#N)cc1. The Morgan fingerprint density at radius 2 is 1.83 bits per heavy atom. The highest BCUT2D eigenvalue weighted by molar-refractivity contribution is 5.61. The molecule has 0 saturated carbocycles. The summed E-state index contributed by atoms with van der Waals surface area (Å²) < 4.78 is 68.5. The number of anilines is 2. The molecular weight excluding hydrogens is 468 g/mol. The molecule has 0 amide bonds. The lowest BCUT2D eigenvalue weighted by atomic mass is 10.1. The molecule has 0 spiro atoms. The molecule has 0 fully saturated rings. The zero-order valence-corrected chi connectivity index (χ0v) is 18.1. The molecule has 35 heavy (non-hydrogen) atoms. The summed E-state index contributed by atoms with van der Waals surface area (Å²) >= 11 is 0. The number of hydrogen-bond acceptors (Lipinski definition) is 7. The van der Waals surface area contributed by atoms with E-state index in [1.54, 1.807) is 19.2 Å². The quantitative estimate of drug-likeness (QED) is 0.317. The van der Waals surface area contributed by atoms with Crippen molar-refractivity contribution in [1.82, 2.24) is 9.97 Å². The second kappa shape index (κ2) is 9.72. The average Bonchev–Trinajstić information content (AvgIpc) is 3.31. The summed E-state index contributed by atoms with van der Waals surface area (Å²) in [5.74, 6) is -0.456. The van der Waals surface area contributed by atoms with Crippen molar-refractivity contribution in [3.05, 3.63) is 83.6 Å². The van der Waals surface area contributed by atoms with E-state index >= 15 is 0 Å². The highest BCUT2D eigenvalue weighted by Crippen LogP contribution is 2.34. The number of nitrogens with zero attached hydrogens (tertiary/aromatic N) is 3. The molecule has 0 aliphatic carbocycles. The fraction of sp³-hybridized carbons (Fsp3) is 0.125. The van der Waals surface area contributed by atoms with Gasteiger partial charge in [0.2, 0.25) is 0 Å². The summed E-state index contributed by atoms with van der Waals surface area (Å²) in [6, 6.07) is 13.1. The van der Waals surface area contributed by atoms with Crippen LogP contribution in [0.5, 0.6) is 11.5 Å². The first-order valence-electron chi connectivity index (χ1n) is 10.0. The van der Waals surface area contributed by atoms with E-state index in [4.69, 9.17) is 13.9 Å². The van der Waals surface area contributed by atoms with E-state index in [-0.39, 0.29) is 35.4 Å². The number of nitriles is 1. The Hall–Kier alpha value is -4.59. The maximum Gasteiger partial charge on any atom is 0.419 e. The second-order valence-corrected chi connectivity index (χ2v) is 7.17. The standard InChI is InChI=1S/C24H16F4N4O3/c1-33-17-5-2-14(3-6-17)13-34-21-9-16(11-30-20(21)10-29)32-23-31-12-22(35-23)15-4-7-18(19(25)8-15)24(26,27)28/h2-9,11-12H,13H2,1H3,(H,31,32). The van der Waals surface area contributed by atoms with E-state index in [0.29, 0.717) is 17.5 Å². The van der Waals surface area contributed by atoms with Crippen molar-refractivity contribution < 1.29 is 31.5 Å². The first kappa shape index (κ1) is 23.6. The summed E-state index contributed by atoms with van der Waals surface area (Å²) in [6.45, 7) is 0.173. The van der Waals surface area contributed by atoms with Gasteiger partial charge in [0.1, 0.15) is 24.2 Å². The lowest BCUT2D eigenvalue weighted by Crippen LogP contribution is -2.07. The number of benzene rings is 2. The lowest BCUT2D eigenvalue weighted by Gasteiger charge is -2.10. The third-order valence-electron chi connectivity index (χ3n) is 4.83. The molecule has 0 atom stereocenters. The fourth-order valence-electron chi connectivity index (χ4n) is 3.08. The first-order chi connectivity index (χ1) is 16.8. The third kappa shape index (κ3) is 5.50. The van der Waals surface area contributed by atoms with Crippen LogP contribution in [0.2, 0.25) is 0 Å². The first-order valence-corrected chi connectivity index (χ1v) is 10.0. The van der Waals surface area contributed by atoms with Gasteiger partial charge in [-0.25, -0.2) is 14.4 Å². The van der Waals surface area contributed by atoms with Crippen molar-refractivity contribution in [2.45, 2.75) is 12.8 Å². The number of methoxy groups -OCH3 is 1. The van der Waals surface area contributed by atoms with Gasteiger partial charge in [-0.1, -0.05) is 18.2 Å². The molecule has 0 aliphatic rings. The maximum absolute atomic E-state index is 13.9. The second-order valence-electron chi connectivity index (χ2n) is 7.17. The molecule has 2 heterocycles. The Bertz CT molecular complexity index is 1380. The number of nitrogens with one attached hydrogen (secondary N) is 1. The van der Waals surface area contributed by atoms with Gasteiger partial charge in [-0.05, 0) is 29.8 Å². The minimum absolute atomic E-state index is 0.0204. The minimum Gasteiger partial charge on any atom is -0.497 e. The minimum atomic E-state index is -4.80. The Morgan fingerprint density at radius 1 is 1.06 bits per heavy atom. The number of rotatable bonds is 7. The van der Waals surface area contributed by atoms with Gasteiger partial charge in [0.25, 0.3) is 6.01 Å². The molecule has 0 aliphatic heterocycles. The summed E-state index contributed by atoms with van der Waals surface area (Å²) in [5.41, 5.74) is -0.00487. The number of ether oxygens (including phenoxy) is 2. The number of pyridine rings is 1. The molecule has 4 aromatic rings.